The Balaban J connectivity index is 2.22. The normalized spacial score (nSPS) is 13.1. The largest absolute Gasteiger partial charge is 0.305 e. The molecule has 0 spiro atoms. The number of rotatable bonds is 5. The Hall–Kier alpha value is -1.33. The van der Waals surface area contributed by atoms with Gasteiger partial charge >= 0.3 is 0 Å². The van der Waals surface area contributed by atoms with E-state index in [0.29, 0.717) is 5.88 Å². The first-order valence-corrected chi connectivity index (χ1v) is 8.65. The van der Waals surface area contributed by atoms with Crippen LogP contribution in [0.5, 0.6) is 0 Å². The molecule has 0 aliphatic rings. The zero-order chi connectivity index (χ0) is 15.0. The van der Waals surface area contributed by atoms with E-state index in [1.807, 2.05) is 11.7 Å². The molecule has 0 amide bonds. The molecule has 0 fully saturated rings. The second-order valence-electron chi connectivity index (χ2n) is 5.17. The number of halogens is 1. The van der Waals surface area contributed by atoms with Gasteiger partial charge in [-0.1, -0.05) is 6.92 Å². The lowest BCUT2D eigenvalue weighted by Gasteiger charge is -2.16. The Morgan fingerprint density at radius 2 is 2.24 bits per heavy atom. The second kappa shape index (κ2) is 5.81. The summed E-state index contributed by atoms with van der Waals surface area (Å²) in [6.45, 7) is 4.32. The number of thiophene rings is 1. The highest BCUT2D eigenvalue weighted by molar-refractivity contribution is 7.07. The third kappa shape index (κ3) is 2.38. The fraction of sp³-hybridized carbons (Fsp3) is 0.467. The minimum absolute atomic E-state index is 0.236. The van der Waals surface area contributed by atoms with E-state index in [1.54, 1.807) is 11.3 Å². The molecule has 6 heteroatoms. The Morgan fingerprint density at radius 1 is 1.43 bits per heavy atom. The number of fused-ring (bicyclic) bond motifs is 1. The van der Waals surface area contributed by atoms with Crippen molar-refractivity contribution in [2.75, 3.05) is 5.88 Å². The summed E-state index contributed by atoms with van der Waals surface area (Å²) >= 11 is 7.69. The highest BCUT2D eigenvalue weighted by atomic mass is 35.5. The van der Waals surface area contributed by atoms with Gasteiger partial charge in [0.05, 0.1) is 11.7 Å². The lowest BCUT2D eigenvalue weighted by molar-refractivity contribution is 0.600. The fourth-order valence-electron chi connectivity index (χ4n) is 2.82. The topological polar surface area (TPSA) is 35.6 Å². The Bertz CT molecular complexity index is 741. The Labute approximate surface area is 133 Å². The number of nitrogens with zero attached hydrogens (tertiary/aromatic N) is 4. The summed E-state index contributed by atoms with van der Waals surface area (Å²) in [6, 6.07) is 2.41. The highest BCUT2D eigenvalue weighted by Gasteiger charge is 2.22. The molecule has 0 aliphatic carbocycles. The van der Waals surface area contributed by atoms with E-state index in [-0.39, 0.29) is 6.04 Å². The molecule has 4 nitrogen and oxygen atoms in total. The quantitative estimate of drug-likeness (QED) is 0.670. The van der Waals surface area contributed by atoms with Crippen LogP contribution in [0.3, 0.4) is 0 Å². The van der Waals surface area contributed by atoms with Gasteiger partial charge in [0.25, 0.3) is 0 Å². The molecule has 0 radical (unpaired) electrons. The maximum absolute atomic E-state index is 5.97. The number of aromatic nitrogens is 4. The van der Waals surface area contributed by atoms with E-state index in [2.05, 4.69) is 40.3 Å². The van der Waals surface area contributed by atoms with E-state index in [0.717, 1.165) is 35.5 Å². The lowest BCUT2D eigenvalue weighted by Crippen LogP contribution is -2.13. The summed E-state index contributed by atoms with van der Waals surface area (Å²) in [5, 5.41) is 8.90. The zero-order valence-corrected chi connectivity index (χ0v) is 14.1. The van der Waals surface area contributed by atoms with Gasteiger partial charge in [-0.3, -0.25) is 4.68 Å². The Kier molecular flexibility index (Phi) is 4.04. The molecule has 3 heterocycles. The van der Waals surface area contributed by atoms with Gasteiger partial charge in [0.1, 0.15) is 11.3 Å². The van der Waals surface area contributed by atoms with Crippen LogP contribution in [0.25, 0.3) is 11.2 Å². The maximum atomic E-state index is 5.97. The predicted molar refractivity (Wildman–Crippen MR) is 88.4 cm³/mol. The minimum atomic E-state index is 0.236. The third-order valence-electron chi connectivity index (χ3n) is 3.88. The van der Waals surface area contributed by atoms with Gasteiger partial charge < -0.3 is 4.57 Å². The standard InChI is InChI=1S/C15H19ClN4S/c1-4-12-14-15(19(3)18-12)20(13(17-14)5-7-16)10(2)11-6-8-21-9-11/h6,8-10H,4-5,7H2,1-3H3. The van der Waals surface area contributed by atoms with Crippen LogP contribution in [0.15, 0.2) is 16.8 Å². The molecule has 112 valence electrons. The Morgan fingerprint density at radius 3 is 2.86 bits per heavy atom. The summed E-state index contributed by atoms with van der Waals surface area (Å²) in [4.78, 5) is 4.82. The van der Waals surface area contributed by atoms with Crippen molar-refractivity contribution in [3.05, 3.63) is 33.9 Å². The van der Waals surface area contributed by atoms with Gasteiger partial charge in [-0.2, -0.15) is 16.4 Å². The van der Waals surface area contributed by atoms with Crippen LogP contribution in [0.2, 0.25) is 0 Å². The second-order valence-corrected chi connectivity index (χ2v) is 6.32. The van der Waals surface area contributed by atoms with Gasteiger partial charge in [0.15, 0.2) is 5.65 Å². The summed E-state index contributed by atoms with van der Waals surface area (Å²) in [7, 11) is 1.99. The number of alkyl halides is 1. The van der Waals surface area contributed by atoms with Crippen LogP contribution < -0.4 is 0 Å². The van der Waals surface area contributed by atoms with Crippen molar-refractivity contribution in [2.45, 2.75) is 32.7 Å². The molecule has 3 rings (SSSR count). The van der Waals surface area contributed by atoms with E-state index in [4.69, 9.17) is 16.6 Å². The van der Waals surface area contributed by atoms with Gasteiger partial charge in [-0.25, -0.2) is 4.98 Å². The molecule has 0 N–H and O–H groups in total. The average Bonchev–Trinajstić information content (AvgIpc) is 3.16. The monoisotopic (exact) mass is 322 g/mol. The van der Waals surface area contributed by atoms with Crippen LogP contribution in [0.1, 0.15) is 37.0 Å². The average molecular weight is 323 g/mol. The number of imidazole rings is 1. The van der Waals surface area contributed by atoms with Crippen molar-refractivity contribution in [1.82, 2.24) is 19.3 Å². The molecular formula is C15H19ClN4S. The molecule has 0 bridgehead atoms. The van der Waals surface area contributed by atoms with E-state index in [1.165, 1.54) is 5.56 Å². The van der Waals surface area contributed by atoms with Crippen LogP contribution >= 0.6 is 22.9 Å². The maximum Gasteiger partial charge on any atom is 0.159 e. The highest BCUT2D eigenvalue weighted by Crippen LogP contribution is 2.29. The molecule has 0 aliphatic heterocycles. The van der Waals surface area contributed by atoms with Crippen molar-refractivity contribution >= 4 is 34.1 Å². The van der Waals surface area contributed by atoms with E-state index in [9.17, 15) is 0 Å². The molecule has 1 atom stereocenters. The van der Waals surface area contributed by atoms with Crippen LogP contribution in [0, 0.1) is 0 Å². The van der Waals surface area contributed by atoms with Gasteiger partial charge in [-0.15, -0.1) is 11.6 Å². The zero-order valence-electron chi connectivity index (χ0n) is 12.5. The molecule has 0 aromatic carbocycles. The van der Waals surface area contributed by atoms with Crippen LogP contribution in [-0.2, 0) is 19.9 Å². The van der Waals surface area contributed by atoms with E-state index < -0.39 is 0 Å². The van der Waals surface area contributed by atoms with Crippen molar-refractivity contribution in [2.24, 2.45) is 7.05 Å². The molecular weight excluding hydrogens is 304 g/mol. The summed E-state index contributed by atoms with van der Waals surface area (Å²) in [5.41, 5.74) is 4.46. The number of aryl methyl sites for hydroxylation is 3. The number of hydrogen-bond acceptors (Lipinski definition) is 3. The fourth-order valence-corrected chi connectivity index (χ4v) is 3.73. The molecule has 21 heavy (non-hydrogen) atoms. The summed E-state index contributed by atoms with van der Waals surface area (Å²) in [6.07, 6.45) is 1.66. The van der Waals surface area contributed by atoms with Crippen molar-refractivity contribution < 1.29 is 0 Å². The molecule has 3 aromatic heterocycles. The molecule has 1 unspecified atom stereocenters. The molecule has 0 saturated carbocycles. The minimum Gasteiger partial charge on any atom is -0.305 e. The molecule has 0 saturated heterocycles. The van der Waals surface area contributed by atoms with Crippen molar-refractivity contribution in [3.63, 3.8) is 0 Å². The van der Waals surface area contributed by atoms with Crippen LogP contribution in [0.4, 0.5) is 0 Å². The smallest absolute Gasteiger partial charge is 0.159 e. The first-order valence-electron chi connectivity index (χ1n) is 7.18. The third-order valence-corrected chi connectivity index (χ3v) is 4.77. The lowest BCUT2D eigenvalue weighted by atomic mass is 10.2. The number of hydrogen-bond donors (Lipinski definition) is 0. The van der Waals surface area contributed by atoms with E-state index >= 15 is 0 Å². The summed E-state index contributed by atoms with van der Waals surface area (Å²) in [5.74, 6) is 1.62. The SMILES string of the molecule is CCc1nn(C)c2c1nc(CCCl)n2C(C)c1ccsc1. The van der Waals surface area contributed by atoms with Crippen molar-refractivity contribution in [1.29, 1.82) is 0 Å². The van der Waals surface area contributed by atoms with Gasteiger partial charge in [0, 0.05) is 19.3 Å². The first kappa shape index (κ1) is 14.6. The molecule has 3 aromatic rings. The van der Waals surface area contributed by atoms with Crippen molar-refractivity contribution in [3.8, 4) is 0 Å². The van der Waals surface area contributed by atoms with Gasteiger partial charge in [0.2, 0.25) is 0 Å². The predicted octanol–water partition coefficient (Wildman–Crippen LogP) is 3.78. The first-order chi connectivity index (χ1) is 10.2. The summed E-state index contributed by atoms with van der Waals surface area (Å²) < 4.78 is 4.23. The van der Waals surface area contributed by atoms with Crippen LogP contribution in [-0.4, -0.2) is 25.2 Å². The van der Waals surface area contributed by atoms with Gasteiger partial charge in [-0.05, 0) is 35.7 Å².